The first-order chi connectivity index (χ1) is 8.99. The van der Waals surface area contributed by atoms with Crippen LogP contribution in [0.25, 0.3) is 0 Å². The van der Waals surface area contributed by atoms with Crippen LogP contribution in [0.1, 0.15) is 0 Å². The third-order valence-corrected chi connectivity index (χ3v) is 3.93. The molecule has 1 aromatic rings. The molecule has 0 amide bonds. The lowest BCUT2D eigenvalue weighted by atomic mass is 10.2. The van der Waals surface area contributed by atoms with Crippen LogP contribution in [0.4, 0.5) is 0 Å². The highest BCUT2D eigenvalue weighted by Gasteiger charge is 2.16. The lowest BCUT2D eigenvalue weighted by molar-refractivity contribution is -0.110. The predicted molar refractivity (Wildman–Crippen MR) is 73.3 cm³/mol. The zero-order valence-corrected chi connectivity index (χ0v) is 11.9. The van der Waals surface area contributed by atoms with Crippen LogP contribution in [0.2, 0.25) is 0 Å². The number of hydrogen-bond acceptors (Lipinski definition) is 5. The quantitative estimate of drug-likeness (QED) is 0.623. The first-order valence-corrected chi connectivity index (χ1v) is 7.35. The Morgan fingerprint density at radius 1 is 1.11 bits per heavy atom. The van der Waals surface area contributed by atoms with Gasteiger partial charge < -0.3 is 0 Å². The molecule has 0 bridgehead atoms. The van der Waals surface area contributed by atoms with Gasteiger partial charge in [-0.1, -0.05) is 23.4 Å². The van der Waals surface area contributed by atoms with E-state index in [1.165, 1.54) is 30.4 Å². The second-order valence-corrected chi connectivity index (χ2v) is 5.93. The fourth-order valence-corrected chi connectivity index (χ4v) is 2.40. The first kappa shape index (κ1) is 13.7. The predicted octanol–water partition coefficient (Wildman–Crippen LogP) is 2.17. The van der Waals surface area contributed by atoms with Crippen LogP contribution in [-0.4, -0.2) is 19.9 Å². The molecule has 0 saturated heterocycles. The van der Waals surface area contributed by atoms with Crippen molar-refractivity contribution in [1.29, 1.82) is 0 Å². The normalized spacial score (nSPS) is 17.4. The van der Waals surface area contributed by atoms with Gasteiger partial charge in [0.05, 0.1) is 4.48 Å². The Morgan fingerprint density at radius 2 is 1.79 bits per heavy atom. The van der Waals surface area contributed by atoms with E-state index in [0.29, 0.717) is 0 Å². The van der Waals surface area contributed by atoms with Gasteiger partial charge in [0.2, 0.25) is 0 Å². The summed E-state index contributed by atoms with van der Waals surface area (Å²) >= 11 is 3.03. The number of oxime groups is 1. The van der Waals surface area contributed by atoms with E-state index in [4.69, 9.17) is 0 Å². The van der Waals surface area contributed by atoms with Crippen LogP contribution < -0.4 is 0 Å². The Kier molecular flexibility index (Phi) is 3.96. The van der Waals surface area contributed by atoms with Gasteiger partial charge in [0, 0.05) is 0 Å². The van der Waals surface area contributed by atoms with Crippen LogP contribution >= 0.6 is 15.9 Å². The number of nitrogens with zero attached hydrogens (tertiary/aromatic N) is 1. The highest BCUT2D eigenvalue weighted by molar-refractivity contribution is 9.12. The van der Waals surface area contributed by atoms with Gasteiger partial charge in [-0.15, -0.1) is 0 Å². The second-order valence-electron chi connectivity index (χ2n) is 3.55. The lowest BCUT2D eigenvalue weighted by Gasteiger charge is -2.03. The molecule has 0 spiro atoms. The number of benzene rings is 1. The maximum atomic E-state index is 11.8. The fraction of sp³-hybridized carbons (Fsp3) is 0. The third-order valence-electron chi connectivity index (χ3n) is 2.19. The molecule has 0 unspecified atom stereocenters. The minimum absolute atomic E-state index is 0.0123. The highest BCUT2D eigenvalue weighted by atomic mass is 79.9. The van der Waals surface area contributed by atoms with E-state index in [2.05, 4.69) is 25.4 Å². The van der Waals surface area contributed by atoms with E-state index in [1.807, 2.05) is 0 Å². The molecule has 1 aliphatic carbocycles. The van der Waals surface area contributed by atoms with Crippen molar-refractivity contribution in [3.63, 3.8) is 0 Å². The molecule has 0 heterocycles. The summed E-state index contributed by atoms with van der Waals surface area (Å²) in [6.45, 7) is 0. The largest absolute Gasteiger partial charge is 0.358 e. The third kappa shape index (κ3) is 3.39. The Morgan fingerprint density at radius 3 is 2.42 bits per heavy atom. The maximum Gasteiger partial charge on any atom is 0.358 e. The zero-order valence-electron chi connectivity index (χ0n) is 9.49. The van der Waals surface area contributed by atoms with Crippen molar-refractivity contribution in [2.45, 2.75) is 4.90 Å². The van der Waals surface area contributed by atoms with Gasteiger partial charge in [0.1, 0.15) is 10.6 Å². The number of hydrogen-bond donors (Lipinski definition) is 0. The summed E-state index contributed by atoms with van der Waals surface area (Å²) in [5.41, 5.74) is 0.228. The summed E-state index contributed by atoms with van der Waals surface area (Å²) in [5.74, 6) is -0.218. The van der Waals surface area contributed by atoms with Crippen LogP contribution in [0, 0.1) is 0 Å². The Bertz CT molecular complexity index is 690. The lowest BCUT2D eigenvalue weighted by Crippen LogP contribution is -2.07. The molecule has 0 saturated carbocycles. The van der Waals surface area contributed by atoms with E-state index in [0.717, 1.165) is 0 Å². The van der Waals surface area contributed by atoms with Crippen molar-refractivity contribution < 1.29 is 17.5 Å². The van der Waals surface area contributed by atoms with E-state index < -0.39 is 10.1 Å². The van der Waals surface area contributed by atoms with E-state index in [-0.39, 0.29) is 20.9 Å². The van der Waals surface area contributed by atoms with Crippen molar-refractivity contribution in [3.05, 3.63) is 53.0 Å². The van der Waals surface area contributed by atoms with Gasteiger partial charge in [-0.2, -0.15) is 8.42 Å². The molecule has 1 aromatic carbocycles. The summed E-state index contributed by atoms with van der Waals surface area (Å²) in [6, 6.07) is 7.67. The number of carbonyl (C=O) groups is 1. The van der Waals surface area contributed by atoms with Gasteiger partial charge in [0.25, 0.3) is 0 Å². The van der Waals surface area contributed by atoms with Gasteiger partial charge in [-0.05, 0) is 46.3 Å². The summed E-state index contributed by atoms with van der Waals surface area (Å²) in [5, 5.41) is 3.50. The van der Waals surface area contributed by atoms with Crippen molar-refractivity contribution in [3.8, 4) is 0 Å². The summed E-state index contributed by atoms with van der Waals surface area (Å²) < 4.78 is 28.4. The van der Waals surface area contributed by atoms with E-state index in [1.54, 1.807) is 18.2 Å². The van der Waals surface area contributed by atoms with E-state index in [9.17, 15) is 13.2 Å². The topological polar surface area (TPSA) is 72.8 Å². The molecule has 7 heteroatoms. The average Bonchev–Trinajstić information content (AvgIpc) is 2.41. The average molecular weight is 342 g/mol. The molecule has 0 radical (unpaired) electrons. The van der Waals surface area contributed by atoms with Crippen molar-refractivity contribution in [2.24, 2.45) is 5.16 Å². The number of rotatable bonds is 3. The molecule has 0 N–H and O–H groups in total. The van der Waals surface area contributed by atoms with Crippen molar-refractivity contribution in [1.82, 2.24) is 0 Å². The molecule has 2 rings (SSSR count). The van der Waals surface area contributed by atoms with Crippen LogP contribution in [-0.2, 0) is 19.2 Å². The van der Waals surface area contributed by atoms with Crippen LogP contribution in [0.15, 0.2) is 63.1 Å². The highest BCUT2D eigenvalue weighted by Crippen LogP contribution is 2.15. The Hall–Kier alpha value is -1.73. The van der Waals surface area contributed by atoms with Crippen LogP contribution in [0.3, 0.4) is 0 Å². The number of halogens is 1. The standard InChI is InChI=1S/C12H8BrNO4S/c13-11-8-9(6-7-12(11)15)14-18-19(16,17)10-4-2-1-3-5-10/h1-8H. The first-order valence-electron chi connectivity index (χ1n) is 5.15. The van der Waals surface area contributed by atoms with Gasteiger partial charge in [0.15, 0.2) is 5.78 Å². The zero-order chi connectivity index (χ0) is 13.9. The summed E-state index contributed by atoms with van der Waals surface area (Å²) in [4.78, 5) is 11.2. The molecule has 0 aromatic heterocycles. The molecule has 19 heavy (non-hydrogen) atoms. The molecule has 0 fully saturated rings. The molecule has 1 aliphatic rings. The number of carbonyl (C=O) groups excluding carboxylic acids is 1. The minimum atomic E-state index is -3.94. The smallest absolute Gasteiger partial charge is 0.289 e. The monoisotopic (exact) mass is 341 g/mol. The van der Waals surface area contributed by atoms with Crippen molar-refractivity contribution in [2.75, 3.05) is 0 Å². The molecular weight excluding hydrogens is 334 g/mol. The van der Waals surface area contributed by atoms with E-state index >= 15 is 0 Å². The van der Waals surface area contributed by atoms with Crippen LogP contribution in [0.5, 0.6) is 0 Å². The Labute approximate surface area is 118 Å². The minimum Gasteiger partial charge on any atom is -0.289 e. The molecule has 0 atom stereocenters. The maximum absolute atomic E-state index is 11.8. The molecular formula is C12H8BrNO4S. The van der Waals surface area contributed by atoms with Gasteiger partial charge >= 0.3 is 10.1 Å². The second kappa shape index (κ2) is 5.50. The molecule has 5 nitrogen and oxygen atoms in total. The fourth-order valence-electron chi connectivity index (χ4n) is 1.27. The Balaban J connectivity index is 2.20. The number of ketones is 1. The summed E-state index contributed by atoms with van der Waals surface area (Å²) in [6.07, 6.45) is 4.01. The number of allylic oxidation sites excluding steroid dienone is 4. The molecule has 0 aliphatic heterocycles. The SMILES string of the molecule is O=C1C=CC(=NOS(=O)(=O)c2ccccc2)C=C1Br. The van der Waals surface area contributed by atoms with Crippen molar-refractivity contribution >= 4 is 37.5 Å². The van der Waals surface area contributed by atoms with Gasteiger partial charge in [-0.25, -0.2) is 0 Å². The van der Waals surface area contributed by atoms with Gasteiger partial charge in [-0.3, -0.25) is 9.08 Å². The molecule has 98 valence electrons. The summed E-state index contributed by atoms with van der Waals surface area (Å²) in [7, 11) is -3.94.